The maximum atomic E-state index is 5.57. The Morgan fingerprint density at radius 2 is 1.27 bits per heavy atom. The number of benzene rings is 3. The van der Waals surface area contributed by atoms with Crippen LogP contribution in [-0.4, -0.2) is 15.9 Å². The van der Waals surface area contributed by atoms with Crippen LogP contribution >= 0.6 is 0 Å². The van der Waals surface area contributed by atoms with Crippen LogP contribution in [0, 0.1) is 0 Å². The summed E-state index contributed by atoms with van der Waals surface area (Å²) in [6.45, 7) is 9.37. The largest absolute Gasteiger partial charge is 0.497 e. The highest BCUT2D eigenvalue weighted by molar-refractivity contribution is 6.89. The SMILES string of the molecule is COc1cccc(C2=C(C)C(C)=C(C)C2(C)[Si](c2ccccc2)c2ccccc2)c1. The number of hydrogen-bond acceptors (Lipinski definition) is 1. The molecule has 0 fully saturated rings. The standard InChI is InChI=1S/C28H29OSi/c1-20-21(2)27(23-13-12-14-24(19-23)29-5)28(4,22(20)3)30(25-15-8-6-9-16-25)26-17-10-7-11-18-26/h6-19H,1-5H3. The lowest BCUT2D eigenvalue weighted by molar-refractivity contribution is 0.414. The molecule has 0 aromatic heterocycles. The molecular weight excluding hydrogens is 380 g/mol. The van der Waals surface area contributed by atoms with Crippen LogP contribution in [0.5, 0.6) is 5.75 Å². The number of ether oxygens (including phenoxy) is 1. The molecule has 3 aromatic rings. The van der Waals surface area contributed by atoms with Gasteiger partial charge in [0.2, 0.25) is 0 Å². The van der Waals surface area contributed by atoms with E-state index in [1.54, 1.807) is 7.11 Å². The Morgan fingerprint density at radius 3 is 1.80 bits per heavy atom. The summed E-state index contributed by atoms with van der Waals surface area (Å²) >= 11 is 0. The first kappa shape index (κ1) is 20.4. The summed E-state index contributed by atoms with van der Waals surface area (Å²) < 4.78 is 5.57. The van der Waals surface area contributed by atoms with E-state index in [0.29, 0.717) is 0 Å². The van der Waals surface area contributed by atoms with E-state index < -0.39 is 8.80 Å². The van der Waals surface area contributed by atoms with E-state index in [2.05, 4.69) is 107 Å². The fraction of sp³-hybridized carbons (Fsp3) is 0.214. The summed E-state index contributed by atoms with van der Waals surface area (Å²) in [7, 11) is 0.581. The van der Waals surface area contributed by atoms with Crippen LogP contribution in [-0.2, 0) is 0 Å². The Labute approximate surface area is 182 Å². The third-order valence-electron chi connectivity index (χ3n) is 6.73. The highest BCUT2D eigenvalue weighted by Crippen LogP contribution is 2.58. The van der Waals surface area contributed by atoms with Gasteiger partial charge in [0.25, 0.3) is 0 Å². The molecule has 0 heterocycles. The van der Waals surface area contributed by atoms with Crippen molar-refractivity contribution in [2.24, 2.45) is 0 Å². The zero-order chi connectivity index (χ0) is 21.3. The topological polar surface area (TPSA) is 9.23 Å². The normalized spacial score (nSPS) is 19.0. The van der Waals surface area contributed by atoms with Crippen LogP contribution in [0.15, 0.2) is 102 Å². The van der Waals surface area contributed by atoms with Gasteiger partial charge in [0, 0.05) is 5.04 Å². The minimum atomic E-state index is -1.16. The van der Waals surface area contributed by atoms with Crippen molar-refractivity contribution in [2.45, 2.75) is 32.7 Å². The molecule has 0 aliphatic heterocycles. The highest BCUT2D eigenvalue weighted by atomic mass is 28.3. The van der Waals surface area contributed by atoms with Crippen LogP contribution in [0.4, 0.5) is 0 Å². The number of methoxy groups -OCH3 is 1. The number of rotatable bonds is 5. The molecule has 1 radical (unpaired) electrons. The van der Waals surface area contributed by atoms with Gasteiger partial charge in [-0.2, -0.15) is 0 Å². The van der Waals surface area contributed by atoms with Crippen molar-refractivity contribution in [1.82, 2.24) is 0 Å². The third kappa shape index (κ3) is 3.26. The van der Waals surface area contributed by atoms with Crippen molar-refractivity contribution in [3.05, 3.63) is 107 Å². The average Bonchev–Trinajstić information content (AvgIpc) is 2.96. The summed E-state index contributed by atoms with van der Waals surface area (Å²) in [6.07, 6.45) is 0. The molecule has 1 nitrogen and oxygen atoms in total. The van der Waals surface area contributed by atoms with Crippen molar-refractivity contribution in [1.29, 1.82) is 0 Å². The Balaban J connectivity index is 2.00. The minimum absolute atomic E-state index is 0.0616. The molecule has 1 unspecified atom stereocenters. The van der Waals surface area contributed by atoms with Gasteiger partial charge >= 0.3 is 0 Å². The molecular formula is C28H29OSi. The van der Waals surface area contributed by atoms with Crippen LogP contribution < -0.4 is 15.1 Å². The first-order valence-corrected chi connectivity index (χ1v) is 12.0. The highest BCUT2D eigenvalue weighted by Gasteiger charge is 2.47. The zero-order valence-corrected chi connectivity index (χ0v) is 19.5. The van der Waals surface area contributed by atoms with Gasteiger partial charge in [-0.05, 0) is 55.2 Å². The van der Waals surface area contributed by atoms with E-state index in [4.69, 9.17) is 4.74 Å². The lowest BCUT2D eigenvalue weighted by Crippen LogP contribution is -2.51. The van der Waals surface area contributed by atoms with Crippen LogP contribution in [0.25, 0.3) is 5.57 Å². The average molecular weight is 410 g/mol. The zero-order valence-electron chi connectivity index (χ0n) is 18.5. The fourth-order valence-corrected chi connectivity index (χ4v) is 8.64. The molecule has 0 spiro atoms. The Bertz CT molecular complexity index is 1070. The molecule has 0 N–H and O–H groups in total. The molecule has 0 saturated carbocycles. The minimum Gasteiger partial charge on any atom is -0.497 e. The first-order valence-electron chi connectivity index (χ1n) is 10.5. The molecule has 0 bridgehead atoms. The fourth-order valence-electron chi connectivity index (χ4n) is 4.96. The van der Waals surface area contributed by atoms with Crippen molar-refractivity contribution < 1.29 is 4.74 Å². The summed E-state index contributed by atoms with van der Waals surface area (Å²) in [5.74, 6) is 0.908. The van der Waals surface area contributed by atoms with Gasteiger partial charge in [0.15, 0.2) is 0 Å². The molecule has 0 amide bonds. The van der Waals surface area contributed by atoms with E-state index in [0.717, 1.165) is 5.75 Å². The van der Waals surface area contributed by atoms with E-state index in [1.807, 2.05) is 6.07 Å². The second-order valence-electron chi connectivity index (χ2n) is 8.21. The number of allylic oxidation sites excluding steroid dienone is 4. The molecule has 30 heavy (non-hydrogen) atoms. The van der Waals surface area contributed by atoms with Crippen molar-refractivity contribution in [3.63, 3.8) is 0 Å². The smallest absolute Gasteiger partial charge is 0.136 e. The van der Waals surface area contributed by atoms with E-state index >= 15 is 0 Å². The molecule has 2 heteroatoms. The van der Waals surface area contributed by atoms with Gasteiger partial charge in [-0.25, -0.2) is 0 Å². The van der Waals surface area contributed by atoms with Crippen molar-refractivity contribution >= 4 is 24.7 Å². The summed E-state index contributed by atoms with van der Waals surface area (Å²) in [5.41, 5.74) is 7.01. The molecule has 1 aliphatic carbocycles. The molecule has 1 atom stereocenters. The quantitative estimate of drug-likeness (QED) is 0.478. The second-order valence-corrected chi connectivity index (χ2v) is 11.1. The van der Waals surface area contributed by atoms with Gasteiger partial charge in [-0.3, -0.25) is 0 Å². The van der Waals surface area contributed by atoms with Crippen LogP contribution in [0.2, 0.25) is 5.04 Å². The van der Waals surface area contributed by atoms with E-state index in [9.17, 15) is 0 Å². The lowest BCUT2D eigenvalue weighted by Gasteiger charge is -2.39. The van der Waals surface area contributed by atoms with Gasteiger partial charge in [0.1, 0.15) is 14.5 Å². The maximum Gasteiger partial charge on any atom is 0.136 e. The van der Waals surface area contributed by atoms with Crippen molar-refractivity contribution in [3.8, 4) is 5.75 Å². The predicted molar refractivity (Wildman–Crippen MR) is 130 cm³/mol. The summed E-state index contributed by atoms with van der Waals surface area (Å²) in [4.78, 5) is 0. The first-order chi connectivity index (χ1) is 14.5. The Kier molecular flexibility index (Phi) is 5.53. The molecule has 0 saturated heterocycles. The van der Waals surface area contributed by atoms with Gasteiger partial charge in [0.05, 0.1) is 7.11 Å². The van der Waals surface area contributed by atoms with Gasteiger partial charge < -0.3 is 4.74 Å². The molecule has 4 rings (SSSR count). The summed E-state index contributed by atoms with van der Waals surface area (Å²) in [5, 5.41) is 2.82. The monoisotopic (exact) mass is 409 g/mol. The Morgan fingerprint density at radius 1 is 0.700 bits per heavy atom. The molecule has 1 aliphatic rings. The summed E-state index contributed by atoms with van der Waals surface area (Å²) in [6, 6.07) is 30.7. The van der Waals surface area contributed by atoms with Crippen LogP contribution in [0.1, 0.15) is 33.3 Å². The van der Waals surface area contributed by atoms with Crippen molar-refractivity contribution in [2.75, 3.05) is 7.11 Å². The molecule has 151 valence electrons. The van der Waals surface area contributed by atoms with Crippen LogP contribution in [0.3, 0.4) is 0 Å². The Hall–Kier alpha value is -2.84. The third-order valence-corrected chi connectivity index (χ3v) is 10.2. The lowest BCUT2D eigenvalue weighted by atomic mass is 9.90. The van der Waals surface area contributed by atoms with E-state index in [-0.39, 0.29) is 5.04 Å². The number of hydrogen-bond donors (Lipinski definition) is 0. The molecule has 3 aromatic carbocycles. The predicted octanol–water partition coefficient (Wildman–Crippen LogP) is 5.89. The second kappa shape index (κ2) is 8.12. The van der Waals surface area contributed by atoms with Gasteiger partial charge in [-0.15, -0.1) is 0 Å². The van der Waals surface area contributed by atoms with Gasteiger partial charge in [-0.1, -0.05) is 95.7 Å². The van der Waals surface area contributed by atoms with E-state index in [1.165, 1.54) is 38.2 Å². The maximum absolute atomic E-state index is 5.57.